The van der Waals surface area contributed by atoms with Crippen molar-refractivity contribution in [2.45, 2.75) is 0 Å². The van der Waals surface area contributed by atoms with E-state index in [9.17, 15) is 0 Å². The standard InChI is InChI=1S/C15H13N3/c16-14-10-17-13-9-5-4-8-12(13)15(18-14)11-6-2-1-3-7-11/h1-10,17H,16H2. The van der Waals surface area contributed by atoms with E-state index in [1.165, 1.54) is 0 Å². The molecule has 0 saturated carbocycles. The topological polar surface area (TPSA) is 50.4 Å². The molecule has 2 aromatic rings. The number of fused-ring (bicyclic) bond motifs is 1. The van der Waals surface area contributed by atoms with Crippen LogP contribution in [0.4, 0.5) is 5.69 Å². The fourth-order valence-corrected chi connectivity index (χ4v) is 2.00. The molecule has 3 N–H and O–H groups in total. The fraction of sp³-hybridized carbons (Fsp3) is 0. The van der Waals surface area contributed by atoms with E-state index in [4.69, 9.17) is 5.73 Å². The van der Waals surface area contributed by atoms with E-state index in [1.807, 2.05) is 54.6 Å². The SMILES string of the molecule is NC1=CNc2ccccc2C(c2ccccc2)=N1. The zero-order valence-electron chi connectivity index (χ0n) is 9.80. The first-order valence-electron chi connectivity index (χ1n) is 5.80. The van der Waals surface area contributed by atoms with Crippen LogP contribution in [0.5, 0.6) is 0 Å². The van der Waals surface area contributed by atoms with Crippen LogP contribution in [-0.4, -0.2) is 5.71 Å². The quantitative estimate of drug-likeness (QED) is 0.798. The summed E-state index contributed by atoms with van der Waals surface area (Å²) in [6.45, 7) is 0. The summed E-state index contributed by atoms with van der Waals surface area (Å²) in [4.78, 5) is 4.48. The van der Waals surface area contributed by atoms with E-state index < -0.39 is 0 Å². The molecule has 0 amide bonds. The normalized spacial score (nSPS) is 13.8. The predicted molar refractivity (Wildman–Crippen MR) is 74.4 cm³/mol. The van der Waals surface area contributed by atoms with Gasteiger partial charge in [-0.15, -0.1) is 0 Å². The van der Waals surface area contributed by atoms with Gasteiger partial charge < -0.3 is 11.1 Å². The monoisotopic (exact) mass is 235 g/mol. The Morgan fingerprint density at radius 3 is 2.44 bits per heavy atom. The number of nitrogens with one attached hydrogen (secondary N) is 1. The number of benzene rings is 2. The van der Waals surface area contributed by atoms with Crippen molar-refractivity contribution >= 4 is 11.4 Å². The van der Waals surface area contributed by atoms with E-state index in [0.29, 0.717) is 5.82 Å². The maximum absolute atomic E-state index is 5.85. The van der Waals surface area contributed by atoms with E-state index >= 15 is 0 Å². The molecular formula is C15H13N3. The molecule has 1 heterocycles. The van der Waals surface area contributed by atoms with E-state index in [0.717, 1.165) is 22.5 Å². The summed E-state index contributed by atoms with van der Waals surface area (Å²) in [5.74, 6) is 0.477. The number of hydrogen-bond donors (Lipinski definition) is 2. The number of hydrogen-bond acceptors (Lipinski definition) is 3. The second-order valence-corrected chi connectivity index (χ2v) is 4.09. The van der Waals surface area contributed by atoms with Crippen LogP contribution in [0.3, 0.4) is 0 Å². The summed E-state index contributed by atoms with van der Waals surface area (Å²) >= 11 is 0. The predicted octanol–water partition coefficient (Wildman–Crippen LogP) is 2.71. The highest BCUT2D eigenvalue weighted by atomic mass is 15.0. The Morgan fingerprint density at radius 2 is 1.61 bits per heavy atom. The molecule has 3 rings (SSSR count). The van der Waals surface area contributed by atoms with Gasteiger partial charge in [-0.05, 0) is 6.07 Å². The Bertz CT molecular complexity index is 627. The van der Waals surface area contributed by atoms with Gasteiger partial charge in [0.05, 0.1) is 5.71 Å². The highest BCUT2D eigenvalue weighted by Gasteiger charge is 2.13. The third-order valence-electron chi connectivity index (χ3n) is 2.85. The molecule has 1 aliphatic rings. The number of nitrogens with zero attached hydrogens (tertiary/aromatic N) is 1. The lowest BCUT2D eigenvalue weighted by Gasteiger charge is -2.09. The van der Waals surface area contributed by atoms with Crippen LogP contribution in [-0.2, 0) is 0 Å². The molecule has 0 aromatic heterocycles. The molecule has 0 unspecified atom stereocenters. The Morgan fingerprint density at radius 1 is 0.889 bits per heavy atom. The molecule has 2 aromatic carbocycles. The van der Waals surface area contributed by atoms with E-state index in [1.54, 1.807) is 6.20 Å². The van der Waals surface area contributed by atoms with Gasteiger partial charge in [0.1, 0.15) is 5.82 Å². The Kier molecular flexibility index (Phi) is 2.57. The summed E-state index contributed by atoms with van der Waals surface area (Å²) in [7, 11) is 0. The molecule has 0 spiro atoms. The second kappa shape index (κ2) is 4.37. The summed E-state index contributed by atoms with van der Waals surface area (Å²) < 4.78 is 0. The van der Waals surface area contributed by atoms with Crippen LogP contribution in [0.15, 0.2) is 71.6 Å². The highest BCUT2D eigenvalue weighted by molar-refractivity contribution is 6.16. The summed E-state index contributed by atoms with van der Waals surface area (Å²) in [5.41, 5.74) is 9.88. The molecule has 0 aliphatic carbocycles. The first-order chi connectivity index (χ1) is 8.84. The average Bonchev–Trinajstić information content (AvgIpc) is 2.60. The Balaban J connectivity index is 2.21. The second-order valence-electron chi connectivity index (χ2n) is 4.09. The number of anilines is 1. The van der Waals surface area contributed by atoms with Gasteiger partial charge in [0.2, 0.25) is 0 Å². The van der Waals surface area contributed by atoms with Crippen LogP contribution in [0, 0.1) is 0 Å². The van der Waals surface area contributed by atoms with Gasteiger partial charge >= 0.3 is 0 Å². The lowest BCUT2D eigenvalue weighted by atomic mass is 10.0. The Hall–Kier alpha value is -2.55. The molecule has 3 heteroatoms. The van der Waals surface area contributed by atoms with Crippen molar-refractivity contribution in [2.24, 2.45) is 10.7 Å². The average molecular weight is 235 g/mol. The van der Waals surface area contributed by atoms with Crippen molar-refractivity contribution in [1.82, 2.24) is 0 Å². The van der Waals surface area contributed by atoms with Gasteiger partial charge in [0.25, 0.3) is 0 Å². The van der Waals surface area contributed by atoms with Crippen molar-refractivity contribution < 1.29 is 0 Å². The van der Waals surface area contributed by atoms with Crippen LogP contribution < -0.4 is 11.1 Å². The first-order valence-corrected chi connectivity index (χ1v) is 5.80. The van der Waals surface area contributed by atoms with Gasteiger partial charge in [-0.1, -0.05) is 48.5 Å². The van der Waals surface area contributed by atoms with Crippen molar-refractivity contribution in [3.63, 3.8) is 0 Å². The lowest BCUT2D eigenvalue weighted by Crippen LogP contribution is -2.05. The van der Waals surface area contributed by atoms with Crippen LogP contribution in [0.25, 0.3) is 0 Å². The van der Waals surface area contributed by atoms with Crippen LogP contribution in [0.1, 0.15) is 11.1 Å². The molecular weight excluding hydrogens is 222 g/mol. The molecule has 0 atom stereocenters. The smallest absolute Gasteiger partial charge is 0.140 e. The minimum atomic E-state index is 0.477. The molecule has 1 aliphatic heterocycles. The minimum Gasteiger partial charge on any atom is -0.382 e. The number of aliphatic imine (C=N–C) groups is 1. The third-order valence-corrected chi connectivity index (χ3v) is 2.85. The molecule has 88 valence electrons. The zero-order chi connectivity index (χ0) is 12.4. The van der Waals surface area contributed by atoms with E-state index in [2.05, 4.69) is 10.3 Å². The van der Waals surface area contributed by atoms with Gasteiger partial charge in [0, 0.05) is 23.0 Å². The molecule has 0 bridgehead atoms. The van der Waals surface area contributed by atoms with Crippen molar-refractivity contribution in [1.29, 1.82) is 0 Å². The number of para-hydroxylation sites is 1. The van der Waals surface area contributed by atoms with Gasteiger partial charge in [-0.2, -0.15) is 0 Å². The van der Waals surface area contributed by atoms with Crippen molar-refractivity contribution in [3.8, 4) is 0 Å². The van der Waals surface area contributed by atoms with Gasteiger partial charge in [-0.3, -0.25) is 0 Å². The number of nitrogens with two attached hydrogens (primary N) is 1. The molecule has 3 nitrogen and oxygen atoms in total. The fourth-order valence-electron chi connectivity index (χ4n) is 2.00. The first kappa shape index (κ1) is 10.6. The Labute approximate surface area is 106 Å². The van der Waals surface area contributed by atoms with Gasteiger partial charge in [0.15, 0.2) is 0 Å². The van der Waals surface area contributed by atoms with Crippen LogP contribution >= 0.6 is 0 Å². The highest BCUT2D eigenvalue weighted by Crippen LogP contribution is 2.22. The number of rotatable bonds is 1. The van der Waals surface area contributed by atoms with Crippen LogP contribution in [0.2, 0.25) is 0 Å². The molecule has 18 heavy (non-hydrogen) atoms. The minimum absolute atomic E-state index is 0.477. The maximum Gasteiger partial charge on any atom is 0.140 e. The molecule has 0 saturated heterocycles. The third kappa shape index (κ3) is 1.86. The van der Waals surface area contributed by atoms with Crippen molar-refractivity contribution in [3.05, 3.63) is 77.7 Å². The summed E-state index contributed by atoms with van der Waals surface area (Å²) in [5, 5.41) is 3.17. The molecule has 0 radical (unpaired) electrons. The lowest BCUT2D eigenvalue weighted by molar-refractivity contribution is 1.24. The molecule has 0 fully saturated rings. The van der Waals surface area contributed by atoms with Gasteiger partial charge in [-0.25, -0.2) is 4.99 Å². The summed E-state index contributed by atoms with van der Waals surface area (Å²) in [6, 6.07) is 18.1. The largest absolute Gasteiger partial charge is 0.382 e. The zero-order valence-corrected chi connectivity index (χ0v) is 9.80. The maximum atomic E-state index is 5.85. The van der Waals surface area contributed by atoms with Crippen molar-refractivity contribution in [2.75, 3.05) is 5.32 Å². The van der Waals surface area contributed by atoms with E-state index in [-0.39, 0.29) is 0 Å². The summed E-state index contributed by atoms with van der Waals surface area (Å²) in [6.07, 6.45) is 1.72.